The van der Waals surface area contributed by atoms with E-state index in [-0.39, 0.29) is 5.70 Å². The lowest BCUT2D eigenvalue weighted by atomic mass is 10.0. The summed E-state index contributed by atoms with van der Waals surface area (Å²) in [5.41, 5.74) is 5.80. The van der Waals surface area contributed by atoms with Gasteiger partial charge in [0.1, 0.15) is 17.1 Å². The second-order valence-corrected chi connectivity index (χ2v) is 7.90. The number of likely N-dealkylation sites (N-methyl/N-ethyl adjacent to an activating group) is 1. The SMILES string of the molecule is C[C@H](C(N)=O)[N+](C)(C)C/C=C/C1=C(C(=O)O)N2C(=O)[C@@H](NC=O)[C@H]2SC1. The number of carbonyl (C=O) groups is 4. The summed E-state index contributed by atoms with van der Waals surface area (Å²) in [6, 6.07) is -1.09. The number of aliphatic carboxylic acids is 1. The Kier molecular flexibility index (Phi) is 5.77. The van der Waals surface area contributed by atoms with E-state index in [2.05, 4.69) is 5.32 Å². The highest BCUT2D eigenvalue weighted by molar-refractivity contribution is 8.00. The van der Waals surface area contributed by atoms with Gasteiger partial charge in [-0.05, 0) is 18.6 Å². The van der Waals surface area contributed by atoms with Gasteiger partial charge in [-0.1, -0.05) is 6.08 Å². The van der Waals surface area contributed by atoms with Gasteiger partial charge in [-0.25, -0.2) is 4.79 Å². The zero-order valence-electron chi connectivity index (χ0n) is 14.8. The van der Waals surface area contributed by atoms with Crippen molar-refractivity contribution in [3.05, 3.63) is 23.4 Å². The molecule has 0 saturated carbocycles. The van der Waals surface area contributed by atoms with Crippen molar-refractivity contribution in [1.29, 1.82) is 0 Å². The number of thioether (sulfide) groups is 1. The largest absolute Gasteiger partial charge is 0.477 e. The summed E-state index contributed by atoms with van der Waals surface area (Å²) in [4.78, 5) is 47.0. The fraction of sp³-hybridized carbons (Fsp3) is 0.500. The summed E-state index contributed by atoms with van der Waals surface area (Å²) in [5.74, 6) is -1.63. The zero-order chi connectivity index (χ0) is 19.6. The van der Waals surface area contributed by atoms with Crippen molar-refractivity contribution >= 4 is 36.0 Å². The number of allylic oxidation sites excluding steroid dienone is 1. The van der Waals surface area contributed by atoms with Crippen molar-refractivity contribution in [2.75, 3.05) is 26.4 Å². The molecule has 0 radical (unpaired) electrons. The Bertz CT molecular complexity index is 703. The number of carboxylic acids is 1. The van der Waals surface area contributed by atoms with Crippen molar-refractivity contribution in [3.8, 4) is 0 Å². The van der Waals surface area contributed by atoms with E-state index in [1.165, 1.54) is 16.7 Å². The van der Waals surface area contributed by atoms with E-state index in [1.807, 2.05) is 14.1 Å². The van der Waals surface area contributed by atoms with Crippen LogP contribution in [0.5, 0.6) is 0 Å². The number of fused-ring (bicyclic) bond motifs is 1. The molecule has 0 aromatic heterocycles. The molecule has 1 fully saturated rings. The normalized spacial score (nSPS) is 24.1. The second kappa shape index (κ2) is 7.50. The highest BCUT2D eigenvalue weighted by Crippen LogP contribution is 2.40. The van der Waals surface area contributed by atoms with E-state index in [0.717, 1.165) is 0 Å². The monoisotopic (exact) mass is 383 g/mol. The molecule has 0 spiro atoms. The Morgan fingerprint density at radius 2 is 2.15 bits per heavy atom. The maximum absolute atomic E-state index is 12.2. The standard InChI is InChI=1S/C16H22N4O5S/c1-9(13(17)22)20(2,3)6-4-5-10-7-26-15-11(18-8-21)14(23)19(15)12(10)16(24)25/h4-5,8-9,11,15H,6-7H2,1-3H3,(H3-,17,18,21,22,24,25)/p+1/b5-4+/t9-,11-,15-/m1/s1. The lowest BCUT2D eigenvalue weighted by Gasteiger charge is -2.48. The molecule has 2 heterocycles. The van der Waals surface area contributed by atoms with Crippen LogP contribution < -0.4 is 11.1 Å². The highest BCUT2D eigenvalue weighted by atomic mass is 32.2. The summed E-state index contributed by atoms with van der Waals surface area (Å²) in [6.07, 6.45) is 3.90. The number of rotatable bonds is 8. The number of hydrogen-bond donors (Lipinski definition) is 3. The average molecular weight is 383 g/mol. The van der Waals surface area contributed by atoms with Crippen LogP contribution in [0.4, 0.5) is 0 Å². The Hall–Kier alpha value is -2.33. The number of nitrogens with zero attached hydrogens (tertiary/aromatic N) is 2. The molecule has 0 aromatic carbocycles. The maximum Gasteiger partial charge on any atom is 0.352 e. The predicted octanol–water partition coefficient (Wildman–Crippen LogP) is -1.14. The molecule has 0 aliphatic carbocycles. The van der Waals surface area contributed by atoms with Crippen molar-refractivity contribution in [1.82, 2.24) is 10.2 Å². The number of β-lactam (4-membered cyclic amide) rings is 1. The molecule has 1 saturated heterocycles. The molecule has 3 amide bonds. The van der Waals surface area contributed by atoms with Crippen LogP contribution in [-0.4, -0.2) is 82.5 Å². The molecule has 3 atom stereocenters. The van der Waals surface area contributed by atoms with Crippen LogP contribution in [0.1, 0.15) is 6.92 Å². The van der Waals surface area contributed by atoms with E-state index in [0.29, 0.717) is 28.8 Å². The molecule has 9 nitrogen and oxygen atoms in total. The Balaban J connectivity index is 2.20. The van der Waals surface area contributed by atoms with E-state index < -0.39 is 35.2 Å². The second-order valence-electron chi connectivity index (χ2n) is 6.79. The predicted molar refractivity (Wildman–Crippen MR) is 95.5 cm³/mol. The van der Waals surface area contributed by atoms with Crippen LogP contribution in [0, 0.1) is 0 Å². The molecular formula is C16H23N4O5S+. The molecular weight excluding hydrogens is 360 g/mol. The average Bonchev–Trinajstić information content (AvgIpc) is 2.57. The number of primary amides is 1. The fourth-order valence-corrected chi connectivity index (χ4v) is 4.16. The van der Waals surface area contributed by atoms with E-state index in [4.69, 9.17) is 5.73 Å². The summed E-state index contributed by atoms with van der Waals surface area (Å²) in [5, 5.41) is 11.5. The van der Waals surface area contributed by atoms with Gasteiger partial charge in [0.2, 0.25) is 6.41 Å². The van der Waals surface area contributed by atoms with Gasteiger partial charge in [-0.2, -0.15) is 0 Å². The summed E-state index contributed by atoms with van der Waals surface area (Å²) < 4.78 is 0.325. The van der Waals surface area contributed by atoms with Gasteiger partial charge in [0, 0.05) is 5.75 Å². The quantitative estimate of drug-likeness (QED) is 0.276. The smallest absolute Gasteiger partial charge is 0.352 e. The Morgan fingerprint density at radius 3 is 2.69 bits per heavy atom. The summed E-state index contributed by atoms with van der Waals surface area (Å²) in [7, 11) is 3.71. The van der Waals surface area contributed by atoms with Crippen LogP contribution in [0.25, 0.3) is 0 Å². The third kappa shape index (κ3) is 3.61. The topological polar surface area (TPSA) is 130 Å². The number of amides is 3. The van der Waals surface area contributed by atoms with E-state index in [1.54, 1.807) is 19.1 Å². The minimum atomic E-state index is -1.19. The molecule has 2 rings (SSSR count). The number of quaternary nitrogens is 1. The van der Waals surface area contributed by atoms with E-state index >= 15 is 0 Å². The molecule has 10 heteroatoms. The molecule has 0 bridgehead atoms. The maximum atomic E-state index is 12.2. The first-order valence-corrected chi connectivity index (χ1v) is 9.06. The first kappa shape index (κ1) is 20.0. The summed E-state index contributed by atoms with van der Waals surface area (Å²) in [6.45, 7) is 2.20. The number of carbonyl (C=O) groups excluding carboxylic acids is 3. The van der Waals surface area contributed by atoms with Crippen molar-refractivity contribution in [3.63, 3.8) is 0 Å². The van der Waals surface area contributed by atoms with Crippen LogP contribution in [0.2, 0.25) is 0 Å². The van der Waals surface area contributed by atoms with Gasteiger partial charge in [0.15, 0.2) is 6.04 Å². The van der Waals surface area contributed by atoms with Crippen LogP contribution in [0.3, 0.4) is 0 Å². The molecule has 0 aromatic rings. The van der Waals surface area contributed by atoms with Crippen molar-refractivity contribution < 1.29 is 28.8 Å². The first-order valence-electron chi connectivity index (χ1n) is 8.01. The first-order chi connectivity index (χ1) is 12.1. The van der Waals surface area contributed by atoms with Gasteiger partial charge in [-0.15, -0.1) is 11.8 Å². The minimum absolute atomic E-state index is 0.0628. The molecule has 4 N–H and O–H groups in total. The van der Waals surface area contributed by atoms with E-state index in [9.17, 15) is 24.3 Å². The van der Waals surface area contributed by atoms with Crippen LogP contribution >= 0.6 is 11.8 Å². The number of nitrogens with one attached hydrogen (secondary N) is 1. The van der Waals surface area contributed by atoms with Gasteiger partial charge in [0.05, 0.1) is 20.6 Å². The van der Waals surface area contributed by atoms with Crippen LogP contribution in [-0.2, 0) is 19.2 Å². The van der Waals surface area contributed by atoms with Gasteiger partial charge in [-0.3, -0.25) is 19.3 Å². The molecule has 0 unspecified atom stereocenters. The van der Waals surface area contributed by atoms with Crippen molar-refractivity contribution in [2.24, 2.45) is 5.73 Å². The Labute approximate surface area is 155 Å². The third-order valence-electron chi connectivity index (χ3n) is 4.80. The molecule has 2 aliphatic heterocycles. The van der Waals surface area contributed by atoms with Crippen LogP contribution in [0.15, 0.2) is 23.4 Å². The minimum Gasteiger partial charge on any atom is -0.477 e. The highest BCUT2D eigenvalue weighted by Gasteiger charge is 2.53. The number of nitrogens with two attached hydrogens (primary N) is 1. The third-order valence-corrected chi connectivity index (χ3v) is 6.11. The lowest BCUT2D eigenvalue weighted by Crippen LogP contribution is -2.69. The lowest BCUT2D eigenvalue weighted by molar-refractivity contribution is -0.898. The van der Waals surface area contributed by atoms with Crippen molar-refractivity contribution in [2.45, 2.75) is 24.4 Å². The Morgan fingerprint density at radius 1 is 1.50 bits per heavy atom. The molecule has 2 aliphatic rings. The van der Waals surface area contributed by atoms with Gasteiger partial charge >= 0.3 is 5.97 Å². The van der Waals surface area contributed by atoms with Gasteiger partial charge < -0.3 is 20.6 Å². The zero-order valence-corrected chi connectivity index (χ0v) is 15.7. The number of hydrogen-bond acceptors (Lipinski definition) is 5. The molecule has 142 valence electrons. The summed E-state index contributed by atoms with van der Waals surface area (Å²) >= 11 is 1.40. The molecule has 26 heavy (non-hydrogen) atoms. The van der Waals surface area contributed by atoms with Gasteiger partial charge in [0.25, 0.3) is 11.8 Å². The number of carboxylic acid groups (broad SMARTS) is 1. The fourth-order valence-electron chi connectivity index (χ4n) is 2.83.